The van der Waals surface area contributed by atoms with Crippen molar-refractivity contribution in [2.75, 3.05) is 6.54 Å². The van der Waals surface area contributed by atoms with Crippen molar-refractivity contribution in [3.8, 4) is 6.07 Å². The van der Waals surface area contributed by atoms with E-state index in [9.17, 15) is 0 Å². The predicted molar refractivity (Wildman–Crippen MR) is 166 cm³/mol. The zero-order valence-electron chi connectivity index (χ0n) is 24.1. The fraction of sp³-hybridized carbons (Fsp3) is 0.500. The lowest BCUT2D eigenvalue weighted by Crippen LogP contribution is -2.02. The second-order valence-corrected chi connectivity index (χ2v) is 11.0. The molecule has 0 saturated heterocycles. The number of nitrogens with zero attached hydrogens (tertiary/aromatic N) is 2. The molecule has 3 rings (SSSR count). The molecule has 0 bridgehead atoms. The van der Waals surface area contributed by atoms with Gasteiger partial charge < -0.3 is 0 Å². The van der Waals surface area contributed by atoms with Crippen molar-refractivity contribution in [1.82, 2.24) is 0 Å². The highest BCUT2D eigenvalue weighted by atomic mass is 14.7. The zero-order valence-corrected chi connectivity index (χ0v) is 24.1. The first-order chi connectivity index (χ1) is 18.6. The van der Waals surface area contributed by atoms with Crippen molar-refractivity contribution in [2.45, 2.75) is 104 Å². The standard InChI is InChI=1S/C36H48N2/c1-4-31-19-21-32(22-20-31)16-10-9-13-26-38-36-18-14-15-29(2)27-35(36)34-24-23-33(30(3)28-34)17-11-7-5-6-8-12-25-37/h11,14,17-19,21,23-24,27-29H,4-10,12-13,15-16,20,22,26H2,1-3H3/b17-11-,38-36?. The molecule has 202 valence electrons. The molecule has 0 saturated carbocycles. The Morgan fingerprint density at radius 3 is 2.61 bits per heavy atom. The Bertz CT molecular complexity index is 1120. The maximum atomic E-state index is 8.66. The molecule has 38 heavy (non-hydrogen) atoms. The minimum Gasteiger partial charge on any atom is -0.285 e. The molecule has 0 heterocycles. The van der Waals surface area contributed by atoms with Crippen LogP contribution < -0.4 is 0 Å². The lowest BCUT2D eigenvalue weighted by atomic mass is 9.93. The van der Waals surface area contributed by atoms with Gasteiger partial charge in [-0.2, -0.15) is 5.26 Å². The van der Waals surface area contributed by atoms with E-state index in [1.165, 1.54) is 60.8 Å². The highest BCUT2D eigenvalue weighted by molar-refractivity contribution is 6.29. The number of benzene rings is 1. The monoisotopic (exact) mass is 508 g/mol. The number of aliphatic imine (C=N–C) groups is 1. The summed E-state index contributed by atoms with van der Waals surface area (Å²) >= 11 is 0. The average molecular weight is 509 g/mol. The van der Waals surface area contributed by atoms with Crippen LogP contribution in [0.1, 0.15) is 114 Å². The van der Waals surface area contributed by atoms with E-state index in [4.69, 9.17) is 10.3 Å². The van der Waals surface area contributed by atoms with Crippen LogP contribution in [-0.4, -0.2) is 12.3 Å². The predicted octanol–water partition coefficient (Wildman–Crippen LogP) is 10.5. The van der Waals surface area contributed by atoms with E-state index in [0.29, 0.717) is 12.3 Å². The highest BCUT2D eigenvalue weighted by Crippen LogP contribution is 2.27. The number of rotatable bonds is 14. The van der Waals surface area contributed by atoms with E-state index >= 15 is 0 Å². The second-order valence-electron chi connectivity index (χ2n) is 11.0. The molecule has 0 aromatic heterocycles. The number of nitriles is 1. The highest BCUT2D eigenvalue weighted by Gasteiger charge is 2.13. The maximum Gasteiger partial charge on any atom is 0.0646 e. The topological polar surface area (TPSA) is 36.1 Å². The summed E-state index contributed by atoms with van der Waals surface area (Å²) < 4.78 is 0. The van der Waals surface area contributed by atoms with Gasteiger partial charge in [0.05, 0.1) is 11.8 Å². The minimum absolute atomic E-state index is 0.515. The van der Waals surface area contributed by atoms with Crippen LogP contribution in [0.5, 0.6) is 0 Å². The summed E-state index contributed by atoms with van der Waals surface area (Å²) in [6.07, 6.45) is 31.0. The number of unbranched alkanes of at least 4 members (excludes halogenated alkanes) is 6. The lowest BCUT2D eigenvalue weighted by Gasteiger charge is -2.13. The summed E-state index contributed by atoms with van der Waals surface area (Å²) in [5.41, 5.74) is 9.52. The SMILES string of the molecule is CCC1=CC=C(CCCCCN=C2C=CCC(C)C=C2c2ccc(/C=C\CCCCCC#N)c(C)c2)CC1. The van der Waals surface area contributed by atoms with Gasteiger partial charge in [0.15, 0.2) is 0 Å². The van der Waals surface area contributed by atoms with Gasteiger partial charge in [0.2, 0.25) is 0 Å². The van der Waals surface area contributed by atoms with Crippen molar-refractivity contribution >= 4 is 17.4 Å². The molecule has 2 aliphatic carbocycles. The molecule has 0 fully saturated rings. The van der Waals surface area contributed by atoms with E-state index in [-0.39, 0.29) is 0 Å². The Morgan fingerprint density at radius 2 is 1.84 bits per heavy atom. The molecule has 1 unspecified atom stereocenters. The molecule has 0 amide bonds. The van der Waals surface area contributed by atoms with E-state index in [2.05, 4.69) is 87.6 Å². The van der Waals surface area contributed by atoms with Gasteiger partial charge in [-0.05, 0) is 99.8 Å². The third kappa shape index (κ3) is 10.1. The van der Waals surface area contributed by atoms with Crippen molar-refractivity contribution in [3.63, 3.8) is 0 Å². The molecular weight excluding hydrogens is 460 g/mol. The maximum absolute atomic E-state index is 8.66. The Kier molecular flexibility index (Phi) is 13.1. The largest absolute Gasteiger partial charge is 0.285 e. The normalized spacial score (nSPS) is 18.7. The molecule has 1 aromatic carbocycles. The van der Waals surface area contributed by atoms with Crippen LogP contribution in [0.3, 0.4) is 0 Å². The van der Waals surface area contributed by atoms with Gasteiger partial charge >= 0.3 is 0 Å². The first-order valence-corrected chi connectivity index (χ1v) is 15.1. The molecular formula is C36H48N2. The van der Waals surface area contributed by atoms with Crippen LogP contribution in [0.4, 0.5) is 0 Å². The summed E-state index contributed by atoms with van der Waals surface area (Å²) in [4.78, 5) is 5.09. The molecule has 0 aliphatic heterocycles. The smallest absolute Gasteiger partial charge is 0.0646 e. The molecule has 0 spiro atoms. The molecule has 1 atom stereocenters. The third-order valence-corrected chi connectivity index (χ3v) is 7.76. The molecule has 2 aliphatic rings. The van der Waals surface area contributed by atoms with Crippen LogP contribution in [0.2, 0.25) is 0 Å². The van der Waals surface area contributed by atoms with E-state index in [0.717, 1.165) is 50.8 Å². The van der Waals surface area contributed by atoms with Gasteiger partial charge in [-0.25, -0.2) is 0 Å². The van der Waals surface area contributed by atoms with Gasteiger partial charge in [0.25, 0.3) is 0 Å². The average Bonchev–Trinajstić information content (AvgIpc) is 3.12. The van der Waals surface area contributed by atoms with Crippen LogP contribution in [0, 0.1) is 24.2 Å². The van der Waals surface area contributed by atoms with Gasteiger partial charge in [-0.15, -0.1) is 0 Å². The third-order valence-electron chi connectivity index (χ3n) is 7.76. The van der Waals surface area contributed by atoms with Crippen molar-refractivity contribution in [1.29, 1.82) is 5.26 Å². The lowest BCUT2D eigenvalue weighted by molar-refractivity contribution is 0.666. The Balaban J connectivity index is 1.55. The summed E-state index contributed by atoms with van der Waals surface area (Å²) in [5, 5.41) is 8.66. The minimum atomic E-state index is 0.515. The van der Waals surface area contributed by atoms with Crippen LogP contribution in [-0.2, 0) is 0 Å². The van der Waals surface area contributed by atoms with E-state index in [1.54, 1.807) is 11.1 Å². The fourth-order valence-electron chi connectivity index (χ4n) is 5.25. The Morgan fingerprint density at radius 1 is 1.03 bits per heavy atom. The summed E-state index contributed by atoms with van der Waals surface area (Å²) in [5.74, 6) is 0.515. The second kappa shape index (κ2) is 16.8. The summed E-state index contributed by atoms with van der Waals surface area (Å²) in [6, 6.07) is 9.08. The van der Waals surface area contributed by atoms with Gasteiger partial charge in [0, 0.05) is 18.5 Å². The molecule has 1 aromatic rings. The van der Waals surface area contributed by atoms with E-state index < -0.39 is 0 Å². The van der Waals surface area contributed by atoms with Crippen molar-refractivity contribution in [3.05, 3.63) is 82.5 Å². The number of allylic oxidation sites excluding steroid dienone is 9. The summed E-state index contributed by atoms with van der Waals surface area (Å²) in [7, 11) is 0. The van der Waals surface area contributed by atoms with Crippen LogP contribution in [0.15, 0.2) is 70.8 Å². The van der Waals surface area contributed by atoms with Crippen molar-refractivity contribution in [2.24, 2.45) is 10.9 Å². The van der Waals surface area contributed by atoms with Gasteiger partial charge in [0.1, 0.15) is 0 Å². The van der Waals surface area contributed by atoms with Gasteiger partial charge in [-0.3, -0.25) is 4.99 Å². The molecule has 2 nitrogen and oxygen atoms in total. The van der Waals surface area contributed by atoms with Crippen molar-refractivity contribution < 1.29 is 0 Å². The van der Waals surface area contributed by atoms with Crippen LogP contribution >= 0.6 is 0 Å². The summed E-state index contributed by atoms with van der Waals surface area (Å²) in [6.45, 7) is 7.67. The Labute approximate surface area is 232 Å². The zero-order chi connectivity index (χ0) is 27.0. The number of hydrogen-bond donors (Lipinski definition) is 0. The van der Waals surface area contributed by atoms with Crippen LogP contribution in [0.25, 0.3) is 11.6 Å². The fourth-order valence-corrected chi connectivity index (χ4v) is 5.25. The molecule has 2 heteroatoms. The Hall–Kier alpha value is -2.92. The molecule has 0 radical (unpaired) electrons. The quantitative estimate of drug-likeness (QED) is 0.230. The van der Waals surface area contributed by atoms with E-state index in [1.807, 2.05) is 0 Å². The first kappa shape index (κ1) is 29.6. The molecule has 0 N–H and O–H groups in total. The number of hydrogen-bond acceptors (Lipinski definition) is 2. The number of aryl methyl sites for hydroxylation is 1. The van der Waals surface area contributed by atoms with Gasteiger partial charge in [-0.1, -0.05) is 92.5 Å². The first-order valence-electron chi connectivity index (χ1n) is 15.1.